The zero-order valence-electron chi connectivity index (χ0n) is 20.8. The number of piperidine rings is 1. The average molecular weight is 472 g/mol. The number of hydrogen-bond acceptors (Lipinski definition) is 4. The van der Waals surface area contributed by atoms with Gasteiger partial charge in [0.15, 0.2) is 0 Å². The first kappa shape index (κ1) is 25.4. The lowest BCUT2D eigenvalue weighted by atomic mass is 9.91. The van der Waals surface area contributed by atoms with E-state index in [1.807, 2.05) is 25.5 Å². The Hall–Kier alpha value is -3.23. The highest BCUT2D eigenvalue weighted by molar-refractivity contribution is 5.96. The predicted molar refractivity (Wildman–Crippen MR) is 127 cm³/mol. The lowest BCUT2D eigenvalue weighted by molar-refractivity contribution is -0.119. The first-order chi connectivity index (χ1) is 16.0. The van der Waals surface area contributed by atoms with Gasteiger partial charge >= 0.3 is 0 Å². The number of carbonyl (C=O) groups is 3. The molecule has 1 aromatic heterocycles. The summed E-state index contributed by atoms with van der Waals surface area (Å²) in [7, 11) is 1.76. The first-order valence-electron chi connectivity index (χ1n) is 11.6. The quantitative estimate of drug-likeness (QED) is 0.701. The monoisotopic (exact) mass is 471 g/mol. The number of nitrogens with zero attached hydrogens (tertiary/aromatic N) is 4. The normalized spacial score (nSPS) is 18.2. The SMILES string of the molecule is CC(=O)NCc1ccc(C(=O)N2CC[C@@H](C)[C@@H](N(C)C(=O)c3cnn(C(C)C)c3C)C2)cc1F. The van der Waals surface area contributed by atoms with E-state index in [1.165, 1.54) is 19.1 Å². The second-order valence-electron chi connectivity index (χ2n) is 9.40. The van der Waals surface area contributed by atoms with Gasteiger partial charge in [0.2, 0.25) is 5.91 Å². The first-order valence-corrected chi connectivity index (χ1v) is 11.6. The minimum atomic E-state index is -0.536. The van der Waals surface area contributed by atoms with E-state index in [0.29, 0.717) is 24.2 Å². The molecule has 0 aliphatic carbocycles. The Balaban J connectivity index is 1.74. The topological polar surface area (TPSA) is 87.5 Å². The Labute approximate surface area is 200 Å². The van der Waals surface area contributed by atoms with Crippen LogP contribution in [-0.2, 0) is 11.3 Å². The second kappa shape index (κ2) is 10.4. The molecule has 0 bridgehead atoms. The summed E-state index contributed by atoms with van der Waals surface area (Å²) in [5, 5.41) is 6.91. The molecule has 8 nitrogen and oxygen atoms in total. The highest BCUT2D eigenvalue weighted by Gasteiger charge is 2.35. The Morgan fingerprint density at radius 1 is 1.29 bits per heavy atom. The molecule has 0 unspecified atom stereocenters. The van der Waals surface area contributed by atoms with Crippen LogP contribution in [0.4, 0.5) is 4.39 Å². The van der Waals surface area contributed by atoms with Crippen molar-refractivity contribution < 1.29 is 18.8 Å². The van der Waals surface area contributed by atoms with E-state index < -0.39 is 5.82 Å². The van der Waals surface area contributed by atoms with Crippen molar-refractivity contribution in [1.29, 1.82) is 0 Å². The molecule has 3 rings (SSSR count). The third kappa shape index (κ3) is 5.29. The largest absolute Gasteiger partial charge is 0.352 e. The molecule has 1 aromatic carbocycles. The molecule has 1 saturated heterocycles. The van der Waals surface area contributed by atoms with Gasteiger partial charge in [0.1, 0.15) is 5.82 Å². The van der Waals surface area contributed by atoms with Gasteiger partial charge in [0, 0.05) is 56.5 Å². The fourth-order valence-electron chi connectivity index (χ4n) is 4.46. The van der Waals surface area contributed by atoms with Crippen LogP contribution in [0.1, 0.15) is 72.1 Å². The highest BCUT2D eigenvalue weighted by Crippen LogP contribution is 2.25. The van der Waals surface area contributed by atoms with Gasteiger partial charge in [-0.1, -0.05) is 13.0 Å². The van der Waals surface area contributed by atoms with Crippen molar-refractivity contribution >= 4 is 17.7 Å². The van der Waals surface area contributed by atoms with Gasteiger partial charge in [-0.25, -0.2) is 4.39 Å². The van der Waals surface area contributed by atoms with Crippen molar-refractivity contribution in [2.24, 2.45) is 5.92 Å². The van der Waals surface area contributed by atoms with Gasteiger partial charge in [0.05, 0.1) is 17.8 Å². The minimum Gasteiger partial charge on any atom is -0.352 e. The fourth-order valence-corrected chi connectivity index (χ4v) is 4.46. The maximum atomic E-state index is 14.5. The Morgan fingerprint density at radius 3 is 2.59 bits per heavy atom. The summed E-state index contributed by atoms with van der Waals surface area (Å²) < 4.78 is 16.3. The fraction of sp³-hybridized carbons (Fsp3) is 0.520. The van der Waals surface area contributed by atoms with Crippen molar-refractivity contribution in [3.63, 3.8) is 0 Å². The molecule has 1 fully saturated rings. The van der Waals surface area contributed by atoms with Gasteiger partial charge in [-0.2, -0.15) is 5.10 Å². The van der Waals surface area contributed by atoms with Crippen LogP contribution in [0, 0.1) is 18.7 Å². The van der Waals surface area contributed by atoms with E-state index >= 15 is 0 Å². The summed E-state index contributed by atoms with van der Waals surface area (Å²) in [6.45, 7) is 10.3. The number of aromatic nitrogens is 2. The molecule has 9 heteroatoms. The number of likely N-dealkylation sites (tertiary alicyclic amines) is 1. The highest BCUT2D eigenvalue weighted by atomic mass is 19.1. The molecule has 0 saturated carbocycles. The van der Waals surface area contributed by atoms with Crippen LogP contribution in [0.3, 0.4) is 0 Å². The standard InChI is InChI=1S/C25H34FN5O3/c1-15(2)31-17(4)21(13-28-31)25(34)29(6)23-14-30(10-9-16(23)3)24(33)19-7-8-20(22(26)11-19)12-27-18(5)32/h7-8,11,13,15-16,23H,9-10,12,14H2,1-6H3,(H,27,32)/t16-,23+/m1/s1. The van der Waals surface area contributed by atoms with Crippen LogP contribution in [0.25, 0.3) is 0 Å². The molecule has 2 aromatic rings. The smallest absolute Gasteiger partial charge is 0.257 e. The number of carbonyl (C=O) groups excluding carboxylic acids is 3. The molecule has 2 heterocycles. The molecular weight excluding hydrogens is 437 g/mol. The molecule has 1 aliphatic rings. The van der Waals surface area contributed by atoms with Crippen molar-refractivity contribution in [3.05, 3.63) is 52.6 Å². The van der Waals surface area contributed by atoms with Gasteiger partial charge in [-0.05, 0) is 45.2 Å². The van der Waals surface area contributed by atoms with Gasteiger partial charge in [-0.15, -0.1) is 0 Å². The summed E-state index contributed by atoms with van der Waals surface area (Å²) in [6, 6.07) is 4.29. The molecule has 34 heavy (non-hydrogen) atoms. The third-order valence-corrected chi connectivity index (χ3v) is 6.62. The molecule has 1 N–H and O–H groups in total. The minimum absolute atomic E-state index is 0.0681. The maximum Gasteiger partial charge on any atom is 0.257 e. The Morgan fingerprint density at radius 2 is 2.00 bits per heavy atom. The van der Waals surface area contributed by atoms with Gasteiger partial charge < -0.3 is 15.1 Å². The average Bonchev–Trinajstić information content (AvgIpc) is 3.18. The van der Waals surface area contributed by atoms with Crippen LogP contribution in [0.15, 0.2) is 24.4 Å². The van der Waals surface area contributed by atoms with Crippen LogP contribution in [0.2, 0.25) is 0 Å². The number of benzene rings is 1. The third-order valence-electron chi connectivity index (χ3n) is 6.62. The summed E-state index contributed by atoms with van der Waals surface area (Å²) in [4.78, 5) is 40.9. The summed E-state index contributed by atoms with van der Waals surface area (Å²) in [5.41, 5.74) is 1.95. The van der Waals surface area contributed by atoms with E-state index in [9.17, 15) is 18.8 Å². The molecule has 2 atom stereocenters. The molecule has 0 spiro atoms. The van der Waals surface area contributed by atoms with Crippen molar-refractivity contribution in [1.82, 2.24) is 24.9 Å². The second-order valence-corrected chi connectivity index (χ2v) is 9.40. The van der Waals surface area contributed by atoms with Crippen molar-refractivity contribution in [3.8, 4) is 0 Å². The van der Waals surface area contributed by atoms with Crippen LogP contribution < -0.4 is 5.32 Å². The summed E-state index contributed by atoms with van der Waals surface area (Å²) in [5.74, 6) is -0.976. The summed E-state index contributed by atoms with van der Waals surface area (Å²) >= 11 is 0. The van der Waals surface area contributed by atoms with Gasteiger partial charge in [-0.3, -0.25) is 19.1 Å². The Kier molecular flexibility index (Phi) is 7.74. The van der Waals surface area contributed by atoms with E-state index in [1.54, 1.807) is 29.1 Å². The van der Waals surface area contributed by atoms with E-state index in [0.717, 1.165) is 12.1 Å². The molecule has 0 radical (unpaired) electrons. The Bertz CT molecular complexity index is 1080. The number of nitrogens with one attached hydrogen (secondary N) is 1. The number of hydrogen-bond donors (Lipinski definition) is 1. The number of amides is 3. The lowest BCUT2D eigenvalue weighted by Crippen LogP contribution is -2.54. The molecule has 1 aliphatic heterocycles. The van der Waals surface area contributed by atoms with Crippen LogP contribution >= 0.6 is 0 Å². The molecule has 3 amide bonds. The zero-order valence-corrected chi connectivity index (χ0v) is 20.8. The molecular formula is C25H34FN5O3. The van der Waals surface area contributed by atoms with Crippen LogP contribution in [-0.4, -0.2) is 63.5 Å². The number of halogens is 1. The number of rotatable bonds is 6. The number of likely N-dealkylation sites (N-methyl/N-ethyl adjacent to an activating group) is 1. The lowest BCUT2D eigenvalue weighted by Gasteiger charge is -2.41. The predicted octanol–water partition coefficient (Wildman–Crippen LogP) is 3.17. The van der Waals surface area contributed by atoms with E-state index in [-0.39, 0.29) is 47.8 Å². The molecule has 184 valence electrons. The zero-order chi connectivity index (χ0) is 25.2. The van der Waals surface area contributed by atoms with Gasteiger partial charge in [0.25, 0.3) is 11.8 Å². The maximum absolute atomic E-state index is 14.5. The van der Waals surface area contributed by atoms with E-state index in [2.05, 4.69) is 17.3 Å². The van der Waals surface area contributed by atoms with Crippen molar-refractivity contribution in [2.45, 2.75) is 59.7 Å². The summed E-state index contributed by atoms with van der Waals surface area (Å²) in [6.07, 6.45) is 2.34. The van der Waals surface area contributed by atoms with Crippen molar-refractivity contribution in [2.75, 3.05) is 20.1 Å². The van der Waals surface area contributed by atoms with E-state index in [4.69, 9.17) is 0 Å². The van der Waals surface area contributed by atoms with Crippen LogP contribution in [0.5, 0.6) is 0 Å².